The number of hydrogen-bond donors (Lipinski definition) is 0. The van der Waals surface area contributed by atoms with Crippen molar-refractivity contribution in [2.45, 2.75) is 13.8 Å². The van der Waals surface area contributed by atoms with E-state index in [2.05, 4.69) is 50.2 Å². The third kappa shape index (κ3) is 1.79. The van der Waals surface area contributed by atoms with Gasteiger partial charge in [-0.15, -0.1) is 0 Å². The zero-order valence-corrected chi connectivity index (χ0v) is 15.0. The zero-order chi connectivity index (χ0) is 14.1. The molecule has 0 N–H and O–H groups in total. The van der Waals surface area contributed by atoms with Crippen molar-refractivity contribution >= 4 is 76.6 Å². The minimum atomic E-state index is 0.457. The Morgan fingerprint density at radius 1 is 0.667 bits per heavy atom. The summed E-state index contributed by atoms with van der Waals surface area (Å²) in [5.41, 5.74) is 0. The second-order valence-electron chi connectivity index (χ2n) is 5.59. The first kappa shape index (κ1) is 12.4. The van der Waals surface area contributed by atoms with Gasteiger partial charge >= 0.3 is 137 Å². The van der Waals surface area contributed by atoms with Crippen LogP contribution in [0.5, 0.6) is 0 Å². The summed E-state index contributed by atoms with van der Waals surface area (Å²) < 4.78 is 5.96. The monoisotopic (exact) mass is 372 g/mol. The third-order valence-corrected chi connectivity index (χ3v) is 8.36. The zero-order valence-electron chi connectivity index (χ0n) is 11.7. The predicted octanol–water partition coefficient (Wildman–Crippen LogP) is 6.10. The first-order chi connectivity index (χ1) is 10.2. The van der Waals surface area contributed by atoms with Gasteiger partial charge in [0.15, 0.2) is 0 Å². The molecule has 0 spiro atoms. The molecule has 2 aromatic carbocycles. The average Bonchev–Trinajstić information content (AvgIpc) is 3.05. The molecule has 0 aliphatic carbocycles. The van der Waals surface area contributed by atoms with Gasteiger partial charge in [-0.3, -0.25) is 0 Å². The van der Waals surface area contributed by atoms with Crippen LogP contribution in [0, 0.1) is 13.8 Å². The van der Waals surface area contributed by atoms with Crippen LogP contribution in [0.1, 0.15) is 9.75 Å². The predicted molar refractivity (Wildman–Crippen MR) is 98.6 cm³/mol. The molecule has 0 amide bonds. The number of thiophene rings is 2. The Morgan fingerprint density at radius 3 is 1.62 bits per heavy atom. The minimum absolute atomic E-state index is 0.457. The van der Waals surface area contributed by atoms with Gasteiger partial charge in [0.25, 0.3) is 0 Å². The van der Waals surface area contributed by atoms with E-state index in [4.69, 9.17) is 0 Å². The van der Waals surface area contributed by atoms with Crippen molar-refractivity contribution in [3.63, 3.8) is 0 Å². The molecular weight excluding hydrogens is 359 g/mol. The van der Waals surface area contributed by atoms with Crippen LogP contribution >= 0.6 is 22.7 Å². The molecule has 3 aromatic heterocycles. The van der Waals surface area contributed by atoms with Crippen LogP contribution < -0.4 is 0 Å². The van der Waals surface area contributed by atoms with Crippen molar-refractivity contribution in [1.82, 2.24) is 0 Å². The van der Waals surface area contributed by atoms with Gasteiger partial charge in [-0.2, -0.15) is 0 Å². The van der Waals surface area contributed by atoms with E-state index in [1.54, 1.807) is 8.52 Å². The fraction of sp³-hybridized carbons (Fsp3) is 0.111. The second kappa shape index (κ2) is 4.21. The SMILES string of the molecule is Cc1cc2cc3[se]c4cc5cc(C)sc5cc4c3cc2s1. The topological polar surface area (TPSA) is 0 Å². The molecule has 0 radical (unpaired) electrons. The molecule has 0 saturated heterocycles. The van der Waals surface area contributed by atoms with E-state index in [9.17, 15) is 0 Å². The van der Waals surface area contributed by atoms with Gasteiger partial charge in [0.1, 0.15) is 0 Å². The van der Waals surface area contributed by atoms with Crippen LogP contribution in [0.15, 0.2) is 36.4 Å². The normalized spacial score (nSPS) is 12.3. The van der Waals surface area contributed by atoms with Crippen molar-refractivity contribution in [2.75, 3.05) is 0 Å². The number of benzene rings is 2. The number of aryl methyl sites for hydroxylation is 2. The standard InChI is InChI=1S/C18H12S2Se/c1-9-3-11-5-17-13(7-15(11)19-9)14-8-16-12(4-10(2)20-16)6-18(14)21-17/h3-8H,1-2H3. The molecule has 0 unspecified atom stereocenters. The van der Waals surface area contributed by atoms with Gasteiger partial charge in [-0.1, -0.05) is 0 Å². The van der Waals surface area contributed by atoms with Crippen LogP contribution in [-0.4, -0.2) is 14.5 Å². The van der Waals surface area contributed by atoms with E-state index < -0.39 is 0 Å². The summed E-state index contributed by atoms with van der Waals surface area (Å²) in [6, 6.07) is 14.3. The first-order valence-corrected chi connectivity index (χ1v) is 10.3. The maximum absolute atomic E-state index is 2.42. The van der Waals surface area contributed by atoms with Crippen molar-refractivity contribution in [1.29, 1.82) is 0 Å². The Hall–Kier alpha value is -1.12. The van der Waals surface area contributed by atoms with Crippen LogP contribution in [0.3, 0.4) is 0 Å². The van der Waals surface area contributed by atoms with Gasteiger partial charge in [0.05, 0.1) is 0 Å². The average molecular weight is 371 g/mol. The van der Waals surface area contributed by atoms with E-state index in [0.29, 0.717) is 14.5 Å². The summed E-state index contributed by atoms with van der Waals surface area (Å²) in [6.07, 6.45) is 0. The van der Waals surface area contributed by atoms with Crippen LogP contribution in [0.4, 0.5) is 0 Å². The van der Waals surface area contributed by atoms with E-state index in [1.807, 2.05) is 22.7 Å². The molecule has 3 heterocycles. The third-order valence-electron chi connectivity index (χ3n) is 3.99. The summed E-state index contributed by atoms with van der Waals surface area (Å²) in [5.74, 6) is 0. The van der Waals surface area contributed by atoms with Crippen molar-refractivity contribution in [3.05, 3.63) is 46.2 Å². The first-order valence-electron chi connectivity index (χ1n) is 6.94. The summed E-state index contributed by atoms with van der Waals surface area (Å²) in [4.78, 5) is 2.82. The van der Waals surface area contributed by atoms with E-state index >= 15 is 0 Å². The van der Waals surface area contributed by atoms with Gasteiger partial charge in [-0.05, 0) is 0 Å². The van der Waals surface area contributed by atoms with Gasteiger partial charge in [-0.25, -0.2) is 0 Å². The molecule has 0 nitrogen and oxygen atoms in total. The molecule has 3 heteroatoms. The summed E-state index contributed by atoms with van der Waals surface area (Å²) in [6.45, 7) is 4.40. The van der Waals surface area contributed by atoms with Crippen LogP contribution in [-0.2, 0) is 0 Å². The molecule has 0 aliphatic heterocycles. The van der Waals surface area contributed by atoms with Crippen molar-refractivity contribution < 1.29 is 0 Å². The summed E-state index contributed by atoms with van der Waals surface area (Å²) in [7, 11) is 0. The summed E-state index contributed by atoms with van der Waals surface area (Å²) in [5, 5.41) is 5.80. The Morgan fingerprint density at radius 2 is 1.14 bits per heavy atom. The number of hydrogen-bond acceptors (Lipinski definition) is 2. The fourth-order valence-electron chi connectivity index (χ4n) is 3.11. The molecule has 0 saturated carbocycles. The quantitative estimate of drug-likeness (QED) is 0.289. The van der Waals surface area contributed by atoms with E-state index in [0.717, 1.165) is 0 Å². The second-order valence-corrected chi connectivity index (χ2v) is 10.4. The molecule has 21 heavy (non-hydrogen) atoms. The van der Waals surface area contributed by atoms with Gasteiger partial charge in [0, 0.05) is 0 Å². The molecule has 5 aromatic rings. The van der Waals surface area contributed by atoms with Crippen LogP contribution in [0.25, 0.3) is 39.5 Å². The molecule has 0 fully saturated rings. The number of rotatable bonds is 0. The van der Waals surface area contributed by atoms with Crippen molar-refractivity contribution in [3.8, 4) is 0 Å². The van der Waals surface area contributed by atoms with E-state index in [1.165, 1.54) is 40.7 Å². The number of fused-ring (bicyclic) bond motifs is 5. The van der Waals surface area contributed by atoms with Gasteiger partial charge < -0.3 is 0 Å². The molecular formula is C18H12S2Se. The Balaban J connectivity index is 1.97. The molecule has 102 valence electrons. The fourth-order valence-corrected chi connectivity index (χ4v) is 7.44. The summed E-state index contributed by atoms with van der Waals surface area (Å²) >= 11 is 4.28. The molecule has 0 aliphatic rings. The maximum atomic E-state index is 2.42. The Labute approximate surface area is 136 Å². The Bertz CT molecular complexity index is 1060. The Kier molecular flexibility index (Phi) is 2.49. The van der Waals surface area contributed by atoms with Crippen molar-refractivity contribution in [2.24, 2.45) is 0 Å². The molecule has 0 atom stereocenters. The molecule has 5 rings (SSSR count). The van der Waals surface area contributed by atoms with E-state index in [-0.39, 0.29) is 0 Å². The molecule has 0 bridgehead atoms. The van der Waals surface area contributed by atoms with Crippen LogP contribution in [0.2, 0.25) is 0 Å². The van der Waals surface area contributed by atoms with Gasteiger partial charge in [0.2, 0.25) is 0 Å².